The van der Waals surface area contributed by atoms with Crippen LogP contribution in [0.2, 0.25) is 0 Å². The molecule has 0 heterocycles. The van der Waals surface area contributed by atoms with Crippen molar-refractivity contribution in [2.45, 2.75) is 0 Å². The van der Waals surface area contributed by atoms with Gasteiger partial charge in [0.2, 0.25) is 0 Å². The molecule has 0 saturated heterocycles. The number of fused-ring (bicyclic) bond motifs is 2. The quantitative estimate of drug-likeness (QED) is 0.445. The third-order valence-electron chi connectivity index (χ3n) is 4.15. The zero-order chi connectivity index (χ0) is 20.3. The molecule has 0 aromatic heterocycles. The predicted octanol–water partition coefficient (Wildman–Crippen LogP) is 0.237. The summed E-state index contributed by atoms with van der Waals surface area (Å²) in [6.07, 6.45) is 0. The molecule has 0 saturated carbocycles. The largest absolute Gasteiger partial charge is 3.00 e. The molecule has 0 aliphatic carbocycles. The summed E-state index contributed by atoms with van der Waals surface area (Å²) in [6.45, 7) is 0. The average Bonchev–Trinajstić information content (AvgIpc) is 2.67. The summed E-state index contributed by atoms with van der Waals surface area (Å²) in [5, 5.41) is 44.8. The maximum Gasteiger partial charge on any atom is 3.00 e. The summed E-state index contributed by atoms with van der Waals surface area (Å²) < 4.78 is 0. The maximum absolute atomic E-state index is 11.3. The first-order valence-electron chi connectivity index (χ1n) is 8.21. The van der Waals surface area contributed by atoms with Crippen molar-refractivity contribution in [1.29, 1.82) is 0 Å². The molecule has 0 aliphatic heterocycles. The summed E-state index contributed by atoms with van der Waals surface area (Å²) in [7, 11) is 0. The molecule has 0 unspecified atom stereocenters. The van der Waals surface area contributed by atoms with Gasteiger partial charge in [0.1, 0.15) is 0 Å². The number of hydrogen-bond acceptors (Lipinski definition) is 5. The summed E-state index contributed by atoms with van der Waals surface area (Å²) >= 11 is 0. The topological polar surface area (TPSA) is 187 Å². The van der Waals surface area contributed by atoms with Crippen LogP contribution in [-0.2, 0) is 17.4 Å². The molecule has 0 atom stereocenters. The molecule has 5 N–H and O–H groups in total. The Morgan fingerprint density at radius 3 is 1.32 bits per heavy atom. The Bertz CT molecular complexity index is 1110. The van der Waals surface area contributed by atoms with E-state index >= 15 is 0 Å². The smallest absolute Gasteiger partial charge is 0.872 e. The molecule has 8 nitrogen and oxygen atoms in total. The van der Waals surface area contributed by atoms with Crippen LogP contribution in [0.3, 0.4) is 0 Å². The normalized spacial score (nSPS) is 9.29. The molecule has 4 rings (SSSR count). The Morgan fingerprint density at radius 1 is 0.645 bits per heavy atom. The van der Waals surface area contributed by atoms with Gasteiger partial charge in [0.05, 0.1) is 11.5 Å². The molecule has 0 amide bonds. The van der Waals surface area contributed by atoms with Gasteiger partial charge in [0.25, 0.3) is 0 Å². The average molecular weight is 461 g/mol. The first kappa shape index (κ1) is 27.4. The van der Waals surface area contributed by atoms with Gasteiger partial charge in [0, 0.05) is 0 Å². The zero-order valence-corrected chi connectivity index (χ0v) is 17.1. The van der Waals surface area contributed by atoms with Crippen LogP contribution in [0.5, 0.6) is 11.5 Å². The fourth-order valence-electron chi connectivity index (χ4n) is 2.77. The monoisotopic (exact) mass is 461 g/mol. The van der Waals surface area contributed by atoms with Gasteiger partial charge in [-0.05, 0) is 39.2 Å². The number of carbonyl (C=O) groups is 2. The third kappa shape index (κ3) is 6.18. The summed E-state index contributed by atoms with van der Waals surface area (Å²) in [5.41, 5.74) is -0.465. The molecular formula is C22H17CrO8. The van der Waals surface area contributed by atoms with Crippen molar-refractivity contribution in [3.63, 3.8) is 0 Å². The van der Waals surface area contributed by atoms with Gasteiger partial charge >= 0.3 is 23.3 Å². The van der Waals surface area contributed by atoms with E-state index in [2.05, 4.69) is 0 Å². The van der Waals surface area contributed by atoms with Gasteiger partial charge in [-0.3, -0.25) is 0 Å². The van der Waals surface area contributed by atoms with Crippen molar-refractivity contribution in [3.8, 4) is 11.5 Å². The van der Waals surface area contributed by atoms with E-state index in [1.807, 2.05) is 6.07 Å². The molecule has 31 heavy (non-hydrogen) atoms. The van der Waals surface area contributed by atoms with Crippen molar-refractivity contribution < 1.29 is 58.3 Å². The number of carboxylic acid groups (broad SMARTS) is 2. The maximum atomic E-state index is 11.3. The zero-order valence-electron chi connectivity index (χ0n) is 15.8. The molecule has 0 bridgehead atoms. The Labute approximate surface area is 187 Å². The second-order valence-electron chi connectivity index (χ2n) is 5.98. The van der Waals surface area contributed by atoms with Crippen molar-refractivity contribution in [2.75, 3.05) is 0 Å². The van der Waals surface area contributed by atoms with E-state index in [1.165, 1.54) is 24.3 Å². The first-order valence-corrected chi connectivity index (χ1v) is 8.21. The van der Waals surface area contributed by atoms with Crippen LogP contribution in [-0.4, -0.2) is 28.0 Å². The van der Waals surface area contributed by atoms with E-state index in [-0.39, 0.29) is 39.4 Å². The summed E-state index contributed by atoms with van der Waals surface area (Å²) in [4.78, 5) is 21.2. The summed E-state index contributed by atoms with van der Waals surface area (Å²) in [5.74, 6) is -3.57. The van der Waals surface area contributed by atoms with E-state index in [0.29, 0.717) is 0 Å². The third-order valence-corrected chi connectivity index (χ3v) is 4.15. The second kappa shape index (κ2) is 11.5. The Balaban J connectivity index is 0.000000529. The van der Waals surface area contributed by atoms with Crippen LogP contribution in [0.25, 0.3) is 21.5 Å². The van der Waals surface area contributed by atoms with Crippen molar-refractivity contribution in [3.05, 3.63) is 83.9 Å². The summed E-state index contributed by atoms with van der Waals surface area (Å²) in [6, 6.07) is 19.7. The fourth-order valence-corrected chi connectivity index (χ4v) is 2.77. The molecule has 0 fully saturated rings. The number of hydrogen-bond donors (Lipinski definition) is 1. The number of rotatable bonds is 2. The molecule has 4 aromatic rings. The van der Waals surface area contributed by atoms with Crippen molar-refractivity contribution in [1.82, 2.24) is 0 Å². The minimum absolute atomic E-state index is 0. The Morgan fingerprint density at radius 2 is 0.968 bits per heavy atom. The van der Waals surface area contributed by atoms with E-state index in [1.54, 1.807) is 42.5 Å². The van der Waals surface area contributed by atoms with Gasteiger partial charge in [-0.25, -0.2) is 4.79 Å². The Kier molecular flexibility index (Phi) is 10.2. The second-order valence-corrected chi connectivity index (χ2v) is 5.98. The van der Waals surface area contributed by atoms with E-state index in [4.69, 9.17) is 5.11 Å². The number of aromatic carboxylic acids is 2. The molecule has 1 radical (unpaired) electrons. The number of benzene rings is 4. The van der Waals surface area contributed by atoms with Crippen LogP contribution < -0.4 is 15.3 Å². The SMILES string of the molecule is O.O.O=C(O)c1cc2ccccc2cc1[O-].O=C([O-])c1cc2ccccc2cc1[O-].[Cr+3]. The van der Waals surface area contributed by atoms with Crippen LogP contribution in [0.4, 0.5) is 0 Å². The van der Waals surface area contributed by atoms with Crippen LogP contribution in [0, 0.1) is 0 Å². The standard InChI is InChI=1S/2C11H8O3.Cr.2H2O/c2*12-10-6-8-4-2-1-3-7(8)5-9(10)11(13)14;;;/h2*1-6,12H,(H,13,14);;2*1H2/q;;+3;;/p-3. The molecule has 0 spiro atoms. The molecule has 4 aromatic carbocycles. The number of carboxylic acids is 2. The van der Waals surface area contributed by atoms with Crippen LogP contribution in [0.1, 0.15) is 20.7 Å². The van der Waals surface area contributed by atoms with E-state index in [0.717, 1.165) is 21.5 Å². The minimum Gasteiger partial charge on any atom is -0.872 e. The Hall–Kier alpha value is -3.61. The van der Waals surface area contributed by atoms with Gasteiger partial charge < -0.3 is 36.2 Å². The van der Waals surface area contributed by atoms with Crippen LogP contribution in [0.15, 0.2) is 72.8 Å². The molecular weight excluding hydrogens is 444 g/mol. The molecule has 9 heteroatoms. The minimum atomic E-state index is -1.43. The fraction of sp³-hybridized carbons (Fsp3) is 0. The van der Waals surface area contributed by atoms with Gasteiger partial charge in [0.15, 0.2) is 0 Å². The first-order chi connectivity index (χ1) is 13.4. The van der Waals surface area contributed by atoms with Crippen molar-refractivity contribution in [2.24, 2.45) is 0 Å². The van der Waals surface area contributed by atoms with Crippen LogP contribution >= 0.6 is 0 Å². The van der Waals surface area contributed by atoms with Gasteiger partial charge in [-0.2, -0.15) is 0 Å². The number of carbonyl (C=O) groups excluding carboxylic acids is 1. The predicted molar refractivity (Wildman–Crippen MR) is 105 cm³/mol. The van der Waals surface area contributed by atoms with Gasteiger partial charge in [-0.1, -0.05) is 72.2 Å². The molecule has 0 aliphatic rings. The van der Waals surface area contributed by atoms with Gasteiger partial charge in [-0.15, -0.1) is 0 Å². The molecule has 159 valence electrons. The van der Waals surface area contributed by atoms with E-state index in [9.17, 15) is 24.9 Å². The van der Waals surface area contributed by atoms with E-state index < -0.39 is 23.4 Å². The van der Waals surface area contributed by atoms with Crippen molar-refractivity contribution >= 4 is 33.5 Å².